The number of carbonyl (C=O) groups is 2. The van der Waals surface area contributed by atoms with Crippen LogP contribution in [-0.4, -0.2) is 25.0 Å². The lowest BCUT2D eigenvalue weighted by molar-refractivity contribution is -0.117. The molecule has 0 heterocycles. The summed E-state index contributed by atoms with van der Waals surface area (Å²) < 4.78 is 0. The average molecular weight is 297 g/mol. The molecule has 0 aliphatic heterocycles. The number of carbonyl (C=O) groups excluding carboxylic acids is 2. The molecular weight excluding hydrogens is 278 g/mol. The van der Waals surface area contributed by atoms with E-state index in [1.807, 2.05) is 60.7 Å². The molecule has 2 aromatic carbocycles. The van der Waals surface area contributed by atoms with Crippen molar-refractivity contribution in [2.24, 2.45) is 5.73 Å². The van der Waals surface area contributed by atoms with Gasteiger partial charge in [0.2, 0.25) is 5.91 Å². The zero-order valence-electron chi connectivity index (χ0n) is 12.2. The minimum absolute atomic E-state index is 0.112. The van der Waals surface area contributed by atoms with Crippen molar-refractivity contribution in [3.05, 3.63) is 66.2 Å². The Morgan fingerprint density at radius 1 is 0.955 bits per heavy atom. The lowest BCUT2D eigenvalue weighted by atomic mass is 10.1. The van der Waals surface area contributed by atoms with Crippen molar-refractivity contribution in [1.29, 1.82) is 0 Å². The molecule has 2 rings (SSSR count). The Morgan fingerprint density at radius 3 is 2.14 bits per heavy atom. The minimum atomic E-state index is -0.704. The average Bonchev–Trinajstić information content (AvgIpc) is 2.55. The highest BCUT2D eigenvalue weighted by Gasteiger charge is 2.15. The number of primary amides is 1. The van der Waals surface area contributed by atoms with E-state index < -0.39 is 6.03 Å². The van der Waals surface area contributed by atoms with Gasteiger partial charge in [-0.1, -0.05) is 48.5 Å². The summed E-state index contributed by atoms with van der Waals surface area (Å²) >= 11 is 0. The zero-order chi connectivity index (χ0) is 15.8. The fourth-order valence-corrected chi connectivity index (χ4v) is 2.15. The summed E-state index contributed by atoms with van der Waals surface area (Å²) in [7, 11) is 0. The van der Waals surface area contributed by atoms with E-state index in [9.17, 15) is 9.59 Å². The predicted octanol–water partition coefficient (Wildman–Crippen LogP) is 1.93. The Morgan fingerprint density at radius 2 is 1.55 bits per heavy atom. The number of nitrogens with zero attached hydrogens (tertiary/aromatic N) is 1. The Labute approximate surface area is 129 Å². The topological polar surface area (TPSA) is 75.4 Å². The molecule has 0 aliphatic rings. The van der Waals surface area contributed by atoms with Gasteiger partial charge in [0.15, 0.2) is 0 Å². The maximum atomic E-state index is 12.3. The highest BCUT2D eigenvalue weighted by Crippen LogP contribution is 2.14. The van der Waals surface area contributed by atoms with Crippen molar-refractivity contribution < 1.29 is 9.59 Å². The Bertz CT molecular complexity index is 614. The molecule has 2 aromatic rings. The van der Waals surface area contributed by atoms with Gasteiger partial charge in [-0.3, -0.25) is 4.79 Å². The van der Waals surface area contributed by atoms with Gasteiger partial charge in [-0.2, -0.15) is 0 Å². The number of nitrogens with one attached hydrogen (secondary N) is 1. The van der Waals surface area contributed by atoms with Crippen molar-refractivity contribution in [3.63, 3.8) is 0 Å². The molecule has 0 bridgehead atoms. The number of rotatable bonds is 6. The molecule has 0 radical (unpaired) electrons. The van der Waals surface area contributed by atoms with E-state index >= 15 is 0 Å². The maximum absolute atomic E-state index is 12.3. The van der Waals surface area contributed by atoms with E-state index in [4.69, 9.17) is 5.73 Å². The summed E-state index contributed by atoms with van der Waals surface area (Å²) in [6.07, 6.45) is 0.734. The molecule has 5 nitrogen and oxygen atoms in total. The number of amides is 3. The number of benzene rings is 2. The molecular formula is C17H19N3O2. The Kier molecular flexibility index (Phi) is 5.54. The van der Waals surface area contributed by atoms with Gasteiger partial charge in [-0.15, -0.1) is 0 Å². The van der Waals surface area contributed by atoms with Crippen LogP contribution >= 0.6 is 0 Å². The van der Waals surface area contributed by atoms with E-state index in [-0.39, 0.29) is 12.5 Å². The zero-order valence-corrected chi connectivity index (χ0v) is 12.2. The second-order valence-electron chi connectivity index (χ2n) is 4.83. The second kappa shape index (κ2) is 7.83. The van der Waals surface area contributed by atoms with Crippen LogP contribution in [0.25, 0.3) is 0 Å². The summed E-state index contributed by atoms with van der Waals surface area (Å²) in [6.45, 7) is 0.423. The fourth-order valence-electron chi connectivity index (χ4n) is 2.15. The third-order valence-corrected chi connectivity index (χ3v) is 3.25. The largest absolute Gasteiger partial charge is 0.352 e. The molecule has 0 aliphatic carbocycles. The standard InChI is InChI=1S/C17H19N3O2/c18-17(22)19-13-16(21)20(15-9-5-2-6-10-15)12-11-14-7-3-1-4-8-14/h1-10H,11-13H2,(H3,18,19,22). The van der Waals surface area contributed by atoms with E-state index in [1.54, 1.807) is 4.90 Å². The molecule has 5 heteroatoms. The molecule has 3 amide bonds. The van der Waals surface area contributed by atoms with Gasteiger partial charge in [0.1, 0.15) is 0 Å². The van der Waals surface area contributed by atoms with Gasteiger partial charge in [-0.25, -0.2) is 4.79 Å². The number of para-hydroxylation sites is 1. The summed E-state index contributed by atoms with van der Waals surface area (Å²) in [6, 6.07) is 18.6. The normalized spacial score (nSPS) is 10.0. The number of hydrogen-bond acceptors (Lipinski definition) is 2. The van der Waals surface area contributed by atoms with Crippen molar-refractivity contribution in [3.8, 4) is 0 Å². The Balaban J connectivity index is 2.08. The molecule has 0 saturated heterocycles. The molecule has 0 spiro atoms. The van der Waals surface area contributed by atoms with Crippen LogP contribution in [0.2, 0.25) is 0 Å². The third-order valence-electron chi connectivity index (χ3n) is 3.25. The van der Waals surface area contributed by atoms with Crippen LogP contribution in [0.3, 0.4) is 0 Å². The predicted molar refractivity (Wildman–Crippen MR) is 86.5 cm³/mol. The molecule has 0 saturated carbocycles. The lowest BCUT2D eigenvalue weighted by Gasteiger charge is -2.23. The van der Waals surface area contributed by atoms with Gasteiger partial charge in [0.25, 0.3) is 0 Å². The third kappa shape index (κ3) is 4.63. The first-order chi connectivity index (χ1) is 10.7. The van der Waals surface area contributed by atoms with Crippen molar-refractivity contribution >= 4 is 17.6 Å². The second-order valence-corrected chi connectivity index (χ2v) is 4.83. The number of hydrogen-bond donors (Lipinski definition) is 2. The van der Waals surface area contributed by atoms with Gasteiger partial charge < -0.3 is 16.0 Å². The fraction of sp³-hybridized carbons (Fsp3) is 0.176. The number of urea groups is 1. The van der Waals surface area contributed by atoms with E-state index in [1.165, 1.54) is 0 Å². The van der Waals surface area contributed by atoms with Gasteiger partial charge in [0.05, 0.1) is 6.54 Å². The van der Waals surface area contributed by atoms with Crippen molar-refractivity contribution in [1.82, 2.24) is 5.32 Å². The van der Waals surface area contributed by atoms with Crippen LogP contribution < -0.4 is 16.0 Å². The summed E-state index contributed by atoms with van der Waals surface area (Å²) in [5.41, 5.74) is 6.98. The summed E-state index contributed by atoms with van der Waals surface area (Å²) in [5, 5.41) is 2.34. The first kappa shape index (κ1) is 15.6. The van der Waals surface area contributed by atoms with Gasteiger partial charge >= 0.3 is 6.03 Å². The summed E-state index contributed by atoms with van der Waals surface area (Å²) in [5.74, 6) is -0.194. The van der Waals surface area contributed by atoms with E-state index in [0.717, 1.165) is 17.7 Å². The lowest BCUT2D eigenvalue weighted by Crippen LogP contribution is -2.42. The first-order valence-electron chi connectivity index (χ1n) is 7.09. The monoisotopic (exact) mass is 297 g/mol. The number of nitrogens with two attached hydrogens (primary N) is 1. The van der Waals surface area contributed by atoms with Crippen LogP contribution in [0, 0.1) is 0 Å². The first-order valence-corrected chi connectivity index (χ1v) is 7.09. The molecule has 0 fully saturated rings. The van der Waals surface area contributed by atoms with Crippen LogP contribution in [0.15, 0.2) is 60.7 Å². The van der Waals surface area contributed by atoms with Gasteiger partial charge in [-0.05, 0) is 24.1 Å². The Hall–Kier alpha value is -2.82. The van der Waals surface area contributed by atoms with Gasteiger partial charge in [0, 0.05) is 12.2 Å². The number of anilines is 1. The van der Waals surface area contributed by atoms with Crippen LogP contribution in [-0.2, 0) is 11.2 Å². The molecule has 0 unspecified atom stereocenters. The highest BCUT2D eigenvalue weighted by atomic mass is 16.2. The molecule has 3 N–H and O–H groups in total. The molecule has 114 valence electrons. The highest BCUT2D eigenvalue weighted by molar-refractivity contribution is 5.96. The van der Waals surface area contributed by atoms with Crippen LogP contribution in [0.1, 0.15) is 5.56 Å². The molecule has 0 aromatic heterocycles. The van der Waals surface area contributed by atoms with E-state index in [0.29, 0.717) is 6.54 Å². The summed E-state index contributed by atoms with van der Waals surface area (Å²) in [4.78, 5) is 24.8. The quantitative estimate of drug-likeness (QED) is 0.855. The van der Waals surface area contributed by atoms with Crippen LogP contribution in [0.4, 0.5) is 10.5 Å². The van der Waals surface area contributed by atoms with Crippen molar-refractivity contribution in [2.75, 3.05) is 18.0 Å². The van der Waals surface area contributed by atoms with E-state index in [2.05, 4.69) is 5.32 Å². The maximum Gasteiger partial charge on any atom is 0.312 e. The molecule has 22 heavy (non-hydrogen) atoms. The minimum Gasteiger partial charge on any atom is -0.352 e. The smallest absolute Gasteiger partial charge is 0.312 e. The van der Waals surface area contributed by atoms with Crippen LogP contribution in [0.5, 0.6) is 0 Å². The van der Waals surface area contributed by atoms with Crippen molar-refractivity contribution in [2.45, 2.75) is 6.42 Å². The molecule has 0 atom stereocenters. The SMILES string of the molecule is NC(=O)NCC(=O)N(CCc1ccccc1)c1ccccc1.